The standard InChI is InChI=1S/C15H33N3O/c1-11(2)13(18(6)7)10-17-14(19)12(9-16)8-15(3,4)5/h11-13H,8-10,16H2,1-7H3,(H,17,19). The molecule has 0 aromatic carbocycles. The van der Waals surface area contributed by atoms with Gasteiger partial charge >= 0.3 is 0 Å². The number of hydrogen-bond donors (Lipinski definition) is 2. The summed E-state index contributed by atoms with van der Waals surface area (Å²) >= 11 is 0. The maximum Gasteiger partial charge on any atom is 0.224 e. The van der Waals surface area contributed by atoms with Crippen LogP contribution in [0.15, 0.2) is 0 Å². The lowest BCUT2D eigenvalue weighted by atomic mass is 9.84. The Morgan fingerprint density at radius 2 is 1.79 bits per heavy atom. The highest BCUT2D eigenvalue weighted by molar-refractivity contribution is 5.78. The molecule has 0 aliphatic rings. The summed E-state index contributed by atoms with van der Waals surface area (Å²) < 4.78 is 0. The number of nitrogens with two attached hydrogens (primary N) is 1. The Balaban J connectivity index is 4.42. The van der Waals surface area contributed by atoms with Crippen LogP contribution in [-0.2, 0) is 4.79 Å². The van der Waals surface area contributed by atoms with Gasteiger partial charge in [-0.2, -0.15) is 0 Å². The van der Waals surface area contributed by atoms with Crippen molar-refractivity contribution in [1.82, 2.24) is 10.2 Å². The van der Waals surface area contributed by atoms with E-state index in [9.17, 15) is 4.79 Å². The molecule has 114 valence electrons. The van der Waals surface area contributed by atoms with Gasteiger partial charge < -0.3 is 16.0 Å². The second kappa shape index (κ2) is 7.85. The van der Waals surface area contributed by atoms with Crippen LogP contribution < -0.4 is 11.1 Å². The summed E-state index contributed by atoms with van der Waals surface area (Å²) in [5, 5.41) is 3.06. The molecule has 0 heterocycles. The highest BCUT2D eigenvalue weighted by Gasteiger charge is 2.25. The molecule has 0 spiro atoms. The molecule has 0 aromatic heterocycles. The van der Waals surface area contributed by atoms with Gasteiger partial charge in [0.05, 0.1) is 5.92 Å². The maximum absolute atomic E-state index is 12.2. The van der Waals surface area contributed by atoms with Crippen molar-refractivity contribution in [3.05, 3.63) is 0 Å². The first-order chi connectivity index (χ1) is 8.58. The summed E-state index contributed by atoms with van der Waals surface area (Å²) in [7, 11) is 4.10. The van der Waals surface area contributed by atoms with E-state index in [2.05, 4.69) is 44.8 Å². The molecule has 19 heavy (non-hydrogen) atoms. The van der Waals surface area contributed by atoms with Gasteiger partial charge in [-0.1, -0.05) is 34.6 Å². The molecule has 3 N–H and O–H groups in total. The van der Waals surface area contributed by atoms with E-state index >= 15 is 0 Å². The van der Waals surface area contributed by atoms with Gasteiger partial charge in [0.1, 0.15) is 0 Å². The summed E-state index contributed by atoms with van der Waals surface area (Å²) in [6.07, 6.45) is 0.823. The largest absolute Gasteiger partial charge is 0.354 e. The number of amides is 1. The van der Waals surface area contributed by atoms with Gasteiger partial charge in [-0.15, -0.1) is 0 Å². The van der Waals surface area contributed by atoms with Crippen molar-refractivity contribution in [2.45, 2.75) is 47.1 Å². The average Bonchev–Trinajstić information content (AvgIpc) is 2.23. The number of likely N-dealkylation sites (N-methyl/N-ethyl adjacent to an activating group) is 1. The Kier molecular flexibility index (Phi) is 7.60. The third-order valence-corrected chi connectivity index (χ3v) is 3.43. The van der Waals surface area contributed by atoms with Crippen LogP contribution in [0.25, 0.3) is 0 Å². The molecule has 0 fully saturated rings. The van der Waals surface area contributed by atoms with Crippen molar-refractivity contribution in [2.75, 3.05) is 27.2 Å². The minimum absolute atomic E-state index is 0.0879. The van der Waals surface area contributed by atoms with Crippen LogP contribution in [0.3, 0.4) is 0 Å². The highest BCUT2D eigenvalue weighted by atomic mass is 16.1. The predicted molar refractivity (Wildman–Crippen MR) is 81.9 cm³/mol. The van der Waals surface area contributed by atoms with E-state index < -0.39 is 0 Å². The minimum Gasteiger partial charge on any atom is -0.354 e. The first kappa shape index (κ1) is 18.4. The van der Waals surface area contributed by atoms with Crippen LogP contribution >= 0.6 is 0 Å². The lowest BCUT2D eigenvalue weighted by molar-refractivity contribution is -0.125. The minimum atomic E-state index is -0.0880. The smallest absolute Gasteiger partial charge is 0.224 e. The van der Waals surface area contributed by atoms with Crippen molar-refractivity contribution in [1.29, 1.82) is 0 Å². The average molecular weight is 271 g/mol. The van der Waals surface area contributed by atoms with Gasteiger partial charge in [0.2, 0.25) is 5.91 Å². The molecule has 2 unspecified atom stereocenters. The van der Waals surface area contributed by atoms with Crippen molar-refractivity contribution >= 4 is 5.91 Å². The van der Waals surface area contributed by atoms with Gasteiger partial charge in [-0.3, -0.25) is 4.79 Å². The molecule has 4 heteroatoms. The lowest BCUT2D eigenvalue weighted by Crippen LogP contribution is -2.46. The molecule has 4 nitrogen and oxygen atoms in total. The monoisotopic (exact) mass is 271 g/mol. The van der Waals surface area contributed by atoms with Gasteiger partial charge in [-0.05, 0) is 31.8 Å². The summed E-state index contributed by atoms with van der Waals surface area (Å²) in [5.74, 6) is 0.508. The SMILES string of the molecule is CC(C)C(CNC(=O)C(CN)CC(C)(C)C)N(C)C. The topological polar surface area (TPSA) is 58.4 Å². The van der Waals surface area contributed by atoms with Crippen LogP contribution in [-0.4, -0.2) is 44.0 Å². The number of carbonyl (C=O) groups is 1. The van der Waals surface area contributed by atoms with E-state index in [4.69, 9.17) is 5.73 Å². The second-order valence-electron chi connectivity index (χ2n) is 7.22. The Morgan fingerprint density at radius 3 is 2.11 bits per heavy atom. The summed E-state index contributed by atoms with van der Waals surface area (Å²) in [6, 6.07) is 0.358. The number of nitrogens with one attached hydrogen (secondary N) is 1. The molecule has 2 atom stereocenters. The van der Waals surface area contributed by atoms with Crippen LogP contribution in [0, 0.1) is 17.3 Å². The third-order valence-electron chi connectivity index (χ3n) is 3.43. The predicted octanol–water partition coefficient (Wildman–Crippen LogP) is 1.70. The molecule has 0 aliphatic carbocycles. The molecule has 0 bridgehead atoms. The summed E-state index contributed by atoms with van der Waals surface area (Å²) in [6.45, 7) is 11.9. The van der Waals surface area contributed by atoms with Crippen LogP contribution in [0.4, 0.5) is 0 Å². The van der Waals surface area contributed by atoms with Gasteiger partial charge in [0.15, 0.2) is 0 Å². The Labute approximate surface area is 119 Å². The number of nitrogens with zero attached hydrogens (tertiary/aromatic N) is 1. The third kappa shape index (κ3) is 7.53. The molecule has 0 aliphatic heterocycles. The van der Waals surface area contributed by atoms with Crippen molar-refractivity contribution in [3.63, 3.8) is 0 Å². The molecule has 0 radical (unpaired) electrons. The van der Waals surface area contributed by atoms with Crippen LogP contribution in [0.5, 0.6) is 0 Å². The van der Waals surface area contributed by atoms with E-state index in [-0.39, 0.29) is 17.2 Å². The van der Waals surface area contributed by atoms with Gasteiger partial charge in [0, 0.05) is 19.1 Å². The van der Waals surface area contributed by atoms with Gasteiger partial charge in [0.25, 0.3) is 0 Å². The molecule has 0 saturated heterocycles. The quantitative estimate of drug-likeness (QED) is 0.741. The number of carbonyl (C=O) groups excluding carboxylic acids is 1. The maximum atomic E-state index is 12.2. The van der Waals surface area contributed by atoms with Crippen molar-refractivity contribution in [3.8, 4) is 0 Å². The lowest BCUT2D eigenvalue weighted by Gasteiger charge is -2.30. The summed E-state index contributed by atoms with van der Waals surface area (Å²) in [5.41, 5.74) is 5.86. The zero-order chi connectivity index (χ0) is 15.2. The molecule has 0 rings (SSSR count). The zero-order valence-corrected chi connectivity index (χ0v) is 13.8. The Morgan fingerprint density at radius 1 is 1.26 bits per heavy atom. The van der Waals surface area contributed by atoms with Crippen LogP contribution in [0.1, 0.15) is 41.0 Å². The number of rotatable bonds is 7. The molecular formula is C15H33N3O. The van der Waals surface area contributed by atoms with Crippen molar-refractivity contribution < 1.29 is 4.79 Å². The van der Waals surface area contributed by atoms with Crippen LogP contribution in [0.2, 0.25) is 0 Å². The van der Waals surface area contributed by atoms with Crippen molar-refractivity contribution in [2.24, 2.45) is 23.0 Å². The zero-order valence-electron chi connectivity index (χ0n) is 13.8. The molecule has 0 saturated carbocycles. The van der Waals surface area contributed by atoms with E-state index in [1.807, 2.05) is 14.1 Å². The second-order valence-corrected chi connectivity index (χ2v) is 7.22. The summed E-state index contributed by atoms with van der Waals surface area (Å²) in [4.78, 5) is 14.4. The van der Waals surface area contributed by atoms with E-state index in [1.165, 1.54) is 0 Å². The first-order valence-electron chi connectivity index (χ1n) is 7.22. The highest BCUT2D eigenvalue weighted by Crippen LogP contribution is 2.24. The number of hydrogen-bond acceptors (Lipinski definition) is 3. The molecule has 1 amide bonds. The molecule has 0 aromatic rings. The van der Waals surface area contributed by atoms with E-state index in [1.54, 1.807) is 0 Å². The van der Waals surface area contributed by atoms with Gasteiger partial charge in [-0.25, -0.2) is 0 Å². The fourth-order valence-corrected chi connectivity index (χ4v) is 2.39. The van der Waals surface area contributed by atoms with E-state index in [0.717, 1.165) is 6.42 Å². The Hall–Kier alpha value is -0.610. The molecular weight excluding hydrogens is 238 g/mol. The normalized spacial score (nSPS) is 15.7. The Bertz CT molecular complexity index is 261. The fraction of sp³-hybridized carbons (Fsp3) is 0.933. The van der Waals surface area contributed by atoms with E-state index in [0.29, 0.717) is 25.0 Å². The fourth-order valence-electron chi connectivity index (χ4n) is 2.39. The first-order valence-corrected chi connectivity index (χ1v) is 7.22.